The van der Waals surface area contributed by atoms with Crippen LogP contribution >= 0.6 is 0 Å². The number of benzene rings is 1. The average molecular weight is 240 g/mol. The summed E-state index contributed by atoms with van der Waals surface area (Å²) in [5, 5.41) is 13.4. The summed E-state index contributed by atoms with van der Waals surface area (Å²) in [6.45, 7) is 1.48. The lowest BCUT2D eigenvalue weighted by Gasteiger charge is -2.07. The molecule has 1 rings (SSSR count). The van der Waals surface area contributed by atoms with Gasteiger partial charge in [-0.05, 0) is 31.2 Å². The van der Waals surface area contributed by atoms with Crippen LogP contribution in [0.15, 0.2) is 24.3 Å². The molecule has 2 amide bonds. The molecule has 1 atom stereocenters. The van der Waals surface area contributed by atoms with Gasteiger partial charge >= 0.3 is 11.8 Å². The number of amides is 2. The Kier molecular flexibility index (Phi) is 4.59. The normalized spacial score (nSPS) is 11.7. The van der Waals surface area contributed by atoms with Crippen molar-refractivity contribution in [1.82, 2.24) is 5.32 Å². The number of nitrogens with one attached hydrogen (secondary N) is 2. The fourth-order valence-corrected chi connectivity index (χ4v) is 1.04. The molecule has 0 bridgehead atoms. The highest BCUT2D eigenvalue weighted by molar-refractivity contribution is 6.39. The maximum Gasteiger partial charge on any atom is 0.313 e. The van der Waals surface area contributed by atoms with Crippen LogP contribution in [0.1, 0.15) is 6.92 Å². The van der Waals surface area contributed by atoms with E-state index in [-0.39, 0.29) is 6.54 Å². The summed E-state index contributed by atoms with van der Waals surface area (Å²) in [5.41, 5.74) is 0.323. The van der Waals surface area contributed by atoms with Crippen molar-refractivity contribution < 1.29 is 19.1 Å². The molecule has 92 valence electrons. The molecule has 1 aromatic rings. The van der Waals surface area contributed by atoms with Gasteiger partial charge in [0.2, 0.25) is 0 Å². The lowest BCUT2D eigenvalue weighted by Crippen LogP contribution is -2.38. The minimum atomic E-state index is -0.864. The van der Waals surface area contributed by atoms with Crippen molar-refractivity contribution in [3.05, 3.63) is 30.1 Å². The van der Waals surface area contributed by atoms with Gasteiger partial charge in [0, 0.05) is 12.2 Å². The topological polar surface area (TPSA) is 78.4 Å². The number of carbonyl (C=O) groups excluding carboxylic acids is 2. The van der Waals surface area contributed by atoms with E-state index >= 15 is 0 Å². The molecule has 0 spiro atoms. The van der Waals surface area contributed by atoms with Gasteiger partial charge in [-0.2, -0.15) is 0 Å². The standard InChI is InChI=1S/C11H13FN2O3/c1-7(15)6-13-10(16)11(17)14-9-4-2-8(12)3-5-9/h2-5,7,15H,6H2,1H3,(H,13,16)(H,14,17)/t7-/m0/s1. The van der Waals surface area contributed by atoms with Gasteiger partial charge in [-0.15, -0.1) is 0 Å². The van der Waals surface area contributed by atoms with E-state index in [1.807, 2.05) is 0 Å². The Morgan fingerprint density at radius 2 is 1.88 bits per heavy atom. The summed E-state index contributed by atoms with van der Waals surface area (Å²) >= 11 is 0. The number of hydrogen-bond acceptors (Lipinski definition) is 3. The first-order chi connectivity index (χ1) is 7.99. The second-order valence-corrected chi connectivity index (χ2v) is 3.52. The number of carbonyl (C=O) groups is 2. The maximum atomic E-state index is 12.6. The fraction of sp³-hybridized carbons (Fsp3) is 0.273. The SMILES string of the molecule is C[C@H](O)CNC(=O)C(=O)Nc1ccc(F)cc1. The third-order valence-electron chi connectivity index (χ3n) is 1.87. The van der Waals surface area contributed by atoms with Crippen LogP contribution < -0.4 is 10.6 Å². The highest BCUT2D eigenvalue weighted by Gasteiger charge is 2.13. The number of rotatable bonds is 3. The number of halogens is 1. The van der Waals surface area contributed by atoms with Crippen molar-refractivity contribution in [2.24, 2.45) is 0 Å². The predicted molar refractivity (Wildman–Crippen MR) is 59.7 cm³/mol. The molecule has 0 unspecified atom stereocenters. The minimum absolute atomic E-state index is 0.00429. The molecular weight excluding hydrogens is 227 g/mol. The van der Waals surface area contributed by atoms with Gasteiger partial charge in [-0.1, -0.05) is 0 Å². The highest BCUT2D eigenvalue weighted by Crippen LogP contribution is 2.07. The number of anilines is 1. The number of aliphatic hydroxyl groups is 1. The van der Waals surface area contributed by atoms with Crippen LogP contribution in [0.3, 0.4) is 0 Å². The van der Waals surface area contributed by atoms with Crippen molar-refractivity contribution in [3.63, 3.8) is 0 Å². The summed E-state index contributed by atoms with van der Waals surface area (Å²) in [6, 6.07) is 5.02. The molecule has 0 fully saturated rings. The van der Waals surface area contributed by atoms with E-state index < -0.39 is 23.7 Å². The van der Waals surface area contributed by atoms with E-state index in [1.54, 1.807) is 0 Å². The zero-order valence-electron chi connectivity index (χ0n) is 9.24. The molecule has 0 aliphatic heterocycles. The molecule has 0 aromatic heterocycles. The number of aliphatic hydroxyl groups excluding tert-OH is 1. The van der Waals surface area contributed by atoms with Crippen LogP contribution in [0.5, 0.6) is 0 Å². The van der Waals surface area contributed by atoms with Crippen molar-refractivity contribution >= 4 is 17.5 Å². The Morgan fingerprint density at radius 3 is 2.41 bits per heavy atom. The molecule has 3 N–H and O–H groups in total. The molecule has 17 heavy (non-hydrogen) atoms. The van der Waals surface area contributed by atoms with E-state index in [2.05, 4.69) is 10.6 Å². The zero-order valence-corrected chi connectivity index (χ0v) is 9.24. The molecule has 1 aromatic carbocycles. The van der Waals surface area contributed by atoms with Crippen LogP contribution in [0.2, 0.25) is 0 Å². The van der Waals surface area contributed by atoms with E-state index in [1.165, 1.54) is 31.2 Å². The van der Waals surface area contributed by atoms with Gasteiger partial charge in [0.15, 0.2) is 0 Å². The summed E-state index contributed by atoms with van der Waals surface area (Å²) in [5.74, 6) is -2.14. The third kappa shape index (κ3) is 4.60. The smallest absolute Gasteiger partial charge is 0.313 e. The van der Waals surface area contributed by atoms with Crippen LogP contribution in [0, 0.1) is 5.82 Å². The Hall–Kier alpha value is -1.95. The lowest BCUT2D eigenvalue weighted by molar-refractivity contribution is -0.136. The Bertz CT molecular complexity index is 404. The molecule has 0 aliphatic carbocycles. The number of hydrogen-bond donors (Lipinski definition) is 3. The Balaban J connectivity index is 2.48. The predicted octanol–water partition coefficient (Wildman–Crippen LogP) is 0.261. The van der Waals surface area contributed by atoms with Crippen LogP contribution in [-0.2, 0) is 9.59 Å². The third-order valence-corrected chi connectivity index (χ3v) is 1.87. The van der Waals surface area contributed by atoms with E-state index in [4.69, 9.17) is 5.11 Å². The van der Waals surface area contributed by atoms with Crippen LogP contribution in [0.4, 0.5) is 10.1 Å². The van der Waals surface area contributed by atoms with Gasteiger partial charge in [0.05, 0.1) is 6.10 Å². The highest BCUT2D eigenvalue weighted by atomic mass is 19.1. The second kappa shape index (κ2) is 5.95. The summed E-state index contributed by atoms with van der Waals surface area (Å²) in [7, 11) is 0. The Labute approximate surface area is 97.6 Å². The maximum absolute atomic E-state index is 12.6. The minimum Gasteiger partial charge on any atom is -0.392 e. The molecule has 0 radical (unpaired) electrons. The summed E-state index contributed by atoms with van der Waals surface area (Å²) < 4.78 is 12.6. The quantitative estimate of drug-likeness (QED) is 0.663. The Morgan fingerprint density at radius 1 is 1.29 bits per heavy atom. The molecule has 0 saturated carbocycles. The first-order valence-electron chi connectivity index (χ1n) is 5.02. The largest absolute Gasteiger partial charge is 0.392 e. The second-order valence-electron chi connectivity index (χ2n) is 3.52. The monoisotopic (exact) mass is 240 g/mol. The van der Waals surface area contributed by atoms with Gasteiger partial charge < -0.3 is 15.7 Å². The van der Waals surface area contributed by atoms with Crippen molar-refractivity contribution in [1.29, 1.82) is 0 Å². The van der Waals surface area contributed by atoms with E-state index in [0.29, 0.717) is 5.69 Å². The van der Waals surface area contributed by atoms with E-state index in [0.717, 1.165) is 0 Å². The average Bonchev–Trinajstić information content (AvgIpc) is 2.28. The van der Waals surface area contributed by atoms with Crippen molar-refractivity contribution in [3.8, 4) is 0 Å². The molecule has 5 nitrogen and oxygen atoms in total. The fourth-order valence-electron chi connectivity index (χ4n) is 1.04. The van der Waals surface area contributed by atoms with Gasteiger partial charge in [0.25, 0.3) is 0 Å². The molecule has 6 heteroatoms. The molecule has 0 heterocycles. The summed E-state index contributed by atoms with van der Waals surface area (Å²) in [6.07, 6.45) is -0.724. The van der Waals surface area contributed by atoms with Crippen molar-refractivity contribution in [2.75, 3.05) is 11.9 Å². The molecule has 0 aliphatic rings. The first-order valence-corrected chi connectivity index (χ1v) is 5.02. The van der Waals surface area contributed by atoms with Crippen molar-refractivity contribution in [2.45, 2.75) is 13.0 Å². The van der Waals surface area contributed by atoms with Gasteiger partial charge in [-0.3, -0.25) is 9.59 Å². The lowest BCUT2D eigenvalue weighted by atomic mass is 10.3. The molecular formula is C11H13FN2O3. The molecule has 0 saturated heterocycles. The van der Waals surface area contributed by atoms with Gasteiger partial charge in [0.1, 0.15) is 5.82 Å². The summed E-state index contributed by atoms with van der Waals surface area (Å²) in [4.78, 5) is 22.5. The van der Waals surface area contributed by atoms with E-state index in [9.17, 15) is 14.0 Å². The zero-order chi connectivity index (χ0) is 12.8. The van der Waals surface area contributed by atoms with Crippen LogP contribution in [0.25, 0.3) is 0 Å². The van der Waals surface area contributed by atoms with Gasteiger partial charge in [-0.25, -0.2) is 4.39 Å². The van der Waals surface area contributed by atoms with Crippen LogP contribution in [-0.4, -0.2) is 29.6 Å². The first kappa shape index (κ1) is 13.1.